The van der Waals surface area contributed by atoms with Gasteiger partial charge in [-0.25, -0.2) is 4.79 Å². The fourth-order valence-electron chi connectivity index (χ4n) is 3.73. The molecule has 1 N–H and O–H groups in total. The molecule has 1 aliphatic rings. The van der Waals surface area contributed by atoms with Crippen LogP contribution in [-0.2, 0) is 19.1 Å². The van der Waals surface area contributed by atoms with Crippen LogP contribution in [0.15, 0.2) is 66.7 Å². The van der Waals surface area contributed by atoms with E-state index in [0.717, 1.165) is 40.9 Å². The van der Waals surface area contributed by atoms with Gasteiger partial charge < -0.3 is 24.4 Å². The van der Waals surface area contributed by atoms with E-state index in [4.69, 9.17) is 14.2 Å². The first-order valence-electron chi connectivity index (χ1n) is 11.2. The minimum atomic E-state index is -0.930. The van der Waals surface area contributed by atoms with E-state index < -0.39 is 12.1 Å². The van der Waals surface area contributed by atoms with E-state index in [-0.39, 0.29) is 5.91 Å². The molecule has 0 spiro atoms. The monoisotopic (exact) mass is 460 g/mol. The van der Waals surface area contributed by atoms with Crippen molar-refractivity contribution < 1.29 is 23.8 Å². The van der Waals surface area contributed by atoms with Crippen LogP contribution in [0.4, 0.5) is 11.4 Å². The summed E-state index contributed by atoms with van der Waals surface area (Å²) >= 11 is 0. The average molecular weight is 461 g/mol. The van der Waals surface area contributed by atoms with Crippen LogP contribution in [-0.4, -0.2) is 51.4 Å². The van der Waals surface area contributed by atoms with Gasteiger partial charge in [-0.1, -0.05) is 18.2 Å². The molecule has 0 saturated carbocycles. The number of methoxy groups -OCH3 is 1. The molecule has 1 atom stereocenters. The van der Waals surface area contributed by atoms with E-state index in [1.165, 1.54) is 6.08 Å². The second-order valence-corrected chi connectivity index (χ2v) is 8.02. The van der Waals surface area contributed by atoms with Crippen LogP contribution in [0, 0.1) is 0 Å². The van der Waals surface area contributed by atoms with E-state index in [0.29, 0.717) is 18.9 Å². The fourth-order valence-corrected chi connectivity index (χ4v) is 3.73. The van der Waals surface area contributed by atoms with E-state index in [2.05, 4.69) is 10.2 Å². The van der Waals surface area contributed by atoms with Crippen molar-refractivity contribution in [2.75, 3.05) is 43.6 Å². The molecule has 4 rings (SSSR count). The van der Waals surface area contributed by atoms with Crippen molar-refractivity contribution in [1.82, 2.24) is 0 Å². The van der Waals surface area contributed by atoms with Gasteiger partial charge in [0.2, 0.25) is 0 Å². The van der Waals surface area contributed by atoms with Gasteiger partial charge in [0.25, 0.3) is 5.91 Å². The zero-order valence-electron chi connectivity index (χ0n) is 19.3. The number of rotatable bonds is 7. The Labute approximate surface area is 198 Å². The SMILES string of the molecule is COc1ccc2cc(/C=C/C(=O)OC(C)C(=O)Nc3ccc(N4CCOCC4)cc3)ccc2c1. The highest BCUT2D eigenvalue weighted by molar-refractivity contribution is 5.97. The fraction of sp³-hybridized carbons (Fsp3) is 0.259. The molecule has 7 heteroatoms. The van der Waals surface area contributed by atoms with Crippen LogP contribution < -0.4 is 15.0 Å². The predicted molar refractivity (Wildman–Crippen MR) is 133 cm³/mol. The third-order valence-electron chi connectivity index (χ3n) is 5.66. The lowest BCUT2D eigenvalue weighted by Gasteiger charge is -2.28. The molecule has 1 saturated heterocycles. The molecule has 1 aliphatic heterocycles. The summed E-state index contributed by atoms with van der Waals surface area (Å²) < 4.78 is 15.9. The zero-order valence-corrected chi connectivity index (χ0v) is 19.3. The number of carbonyl (C=O) groups is 2. The summed E-state index contributed by atoms with van der Waals surface area (Å²) in [6.45, 7) is 4.67. The van der Waals surface area contributed by atoms with Crippen LogP contribution in [0.25, 0.3) is 16.8 Å². The second-order valence-electron chi connectivity index (χ2n) is 8.02. The molecule has 1 fully saturated rings. The maximum atomic E-state index is 12.5. The van der Waals surface area contributed by atoms with Crippen LogP contribution in [0.1, 0.15) is 12.5 Å². The molecule has 0 aromatic heterocycles. The number of carbonyl (C=O) groups excluding carboxylic acids is 2. The number of benzene rings is 3. The number of anilines is 2. The quantitative estimate of drug-likeness (QED) is 0.419. The van der Waals surface area contributed by atoms with E-state index in [1.54, 1.807) is 20.1 Å². The summed E-state index contributed by atoms with van der Waals surface area (Å²) in [7, 11) is 1.63. The third kappa shape index (κ3) is 5.94. The van der Waals surface area contributed by atoms with Gasteiger partial charge >= 0.3 is 5.97 Å². The summed E-state index contributed by atoms with van der Waals surface area (Å²) in [4.78, 5) is 26.9. The summed E-state index contributed by atoms with van der Waals surface area (Å²) in [6, 6.07) is 19.2. The van der Waals surface area contributed by atoms with Crippen LogP contribution in [0.2, 0.25) is 0 Å². The molecule has 176 valence electrons. The number of nitrogens with zero attached hydrogens (tertiary/aromatic N) is 1. The Morgan fingerprint density at radius 2 is 1.71 bits per heavy atom. The van der Waals surface area contributed by atoms with Gasteiger partial charge in [-0.2, -0.15) is 0 Å². The molecule has 3 aromatic rings. The molecular formula is C27H28N2O5. The summed E-state index contributed by atoms with van der Waals surface area (Å²) in [5.74, 6) is -0.180. The van der Waals surface area contributed by atoms with Crippen molar-refractivity contribution in [2.45, 2.75) is 13.0 Å². The highest BCUT2D eigenvalue weighted by Crippen LogP contribution is 2.22. The Kier molecular flexibility index (Phi) is 7.44. The average Bonchev–Trinajstić information content (AvgIpc) is 2.88. The highest BCUT2D eigenvalue weighted by atomic mass is 16.5. The Morgan fingerprint density at radius 1 is 1.00 bits per heavy atom. The minimum Gasteiger partial charge on any atom is -0.497 e. The number of esters is 1. The summed E-state index contributed by atoms with van der Waals surface area (Å²) in [6.07, 6.45) is 2.06. The van der Waals surface area contributed by atoms with Crippen LogP contribution in [0.3, 0.4) is 0 Å². The zero-order chi connectivity index (χ0) is 23.9. The number of hydrogen-bond donors (Lipinski definition) is 1. The molecule has 1 unspecified atom stereocenters. The number of fused-ring (bicyclic) bond motifs is 1. The van der Waals surface area contributed by atoms with Crippen molar-refractivity contribution in [3.05, 3.63) is 72.3 Å². The Bertz CT molecular complexity index is 1180. The van der Waals surface area contributed by atoms with E-state index >= 15 is 0 Å². The van der Waals surface area contributed by atoms with Crippen LogP contribution >= 0.6 is 0 Å². The van der Waals surface area contributed by atoms with Gasteiger partial charge in [-0.15, -0.1) is 0 Å². The smallest absolute Gasteiger partial charge is 0.331 e. The maximum absolute atomic E-state index is 12.5. The molecule has 0 bridgehead atoms. The third-order valence-corrected chi connectivity index (χ3v) is 5.66. The highest BCUT2D eigenvalue weighted by Gasteiger charge is 2.17. The largest absolute Gasteiger partial charge is 0.497 e. The van der Waals surface area contributed by atoms with Gasteiger partial charge in [-0.05, 0) is 71.8 Å². The van der Waals surface area contributed by atoms with E-state index in [1.807, 2.05) is 60.7 Å². The molecule has 1 heterocycles. The Hall–Kier alpha value is -3.84. The predicted octanol–water partition coefficient (Wildman–Crippen LogP) is 4.27. The van der Waals surface area contributed by atoms with Crippen molar-refractivity contribution >= 4 is 40.1 Å². The van der Waals surface area contributed by atoms with Crippen molar-refractivity contribution in [1.29, 1.82) is 0 Å². The molecular weight excluding hydrogens is 432 g/mol. The topological polar surface area (TPSA) is 77.1 Å². The minimum absolute atomic E-state index is 0.388. The summed E-state index contributed by atoms with van der Waals surface area (Å²) in [5, 5.41) is 4.86. The van der Waals surface area contributed by atoms with Gasteiger partial charge in [0.15, 0.2) is 6.10 Å². The lowest BCUT2D eigenvalue weighted by molar-refractivity contribution is -0.148. The molecule has 0 aliphatic carbocycles. The lowest BCUT2D eigenvalue weighted by Crippen LogP contribution is -2.36. The Morgan fingerprint density at radius 3 is 2.44 bits per heavy atom. The Balaban J connectivity index is 1.30. The van der Waals surface area contributed by atoms with Gasteiger partial charge in [0, 0.05) is 30.5 Å². The molecule has 7 nitrogen and oxygen atoms in total. The first-order chi connectivity index (χ1) is 16.5. The second kappa shape index (κ2) is 10.9. The number of hydrogen-bond acceptors (Lipinski definition) is 6. The van der Waals surface area contributed by atoms with Gasteiger partial charge in [0.05, 0.1) is 20.3 Å². The molecule has 1 amide bonds. The maximum Gasteiger partial charge on any atom is 0.331 e. The first-order valence-corrected chi connectivity index (χ1v) is 11.2. The number of ether oxygens (including phenoxy) is 3. The van der Waals surface area contributed by atoms with Crippen molar-refractivity contribution in [2.24, 2.45) is 0 Å². The number of nitrogens with one attached hydrogen (secondary N) is 1. The van der Waals surface area contributed by atoms with Gasteiger partial charge in [0.1, 0.15) is 5.75 Å². The molecule has 3 aromatic carbocycles. The van der Waals surface area contributed by atoms with Crippen molar-refractivity contribution in [3.63, 3.8) is 0 Å². The lowest BCUT2D eigenvalue weighted by atomic mass is 10.1. The standard InChI is InChI=1S/C27H28N2O5/c1-19(27(31)28-23-7-9-24(10-8-23)29-13-15-33-16-14-29)34-26(30)12-4-20-3-5-22-18-25(32-2)11-6-21(22)17-20/h3-12,17-19H,13-16H2,1-2H3,(H,28,31)/b12-4+. The first kappa shape index (κ1) is 23.3. The summed E-state index contributed by atoms with van der Waals surface area (Å²) in [5.41, 5.74) is 2.58. The molecule has 34 heavy (non-hydrogen) atoms. The van der Waals surface area contributed by atoms with E-state index in [9.17, 15) is 9.59 Å². The number of morpholine rings is 1. The van der Waals surface area contributed by atoms with Crippen molar-refractivity contribution in [3.8, 4) is 5.75 Å². The normalized spacial score (nSPS) is 14.7. The number of amides is 1. The van der Waals surface area contributed by atoms with Gasteiger partial charge in [-0.3, -0.25) is 4.79 Å². The molecule has 0 radical (unpaired) electrons. The van der Waals surface area contributed by atoms with Crippen LogP contribution in [0.5, 0.6) is 5.75 Å².